The quantitative estimate of drug-likeness (QED) is 0.175. The van der Waals surface area contributed by atoms with Crippen LogP contribution in [0.5, 0.6) is 0 Å². The summed E-state index contributed by atoms with van der Waals surface area (Å²) in [5.41, 5.74) is 14.4. The van der Waals surface area contributed by atoms with Gasteiger partial charge in [-0.2, -0.15) is 10.2 Å². The number of carbonyl (C=O) groups is 1. The monoisotopic (exact) mass is 320 g/mol. The minimum Gasteiger partial charge on any atom is -0.448 e. The first kappa shape index (κ1) is 16.2. The molecule has 1 aliphatic rings. The summed E-state index contributed by atoms with van der Waals surface area (Å²) in [4.78, 5) is 11.6. The number of hydrazone groups is 2. The molecule has 20 heavy (non-hydrogen) atoms. The van der Waals surface area contributed by atoms with Crippen molar-refractivity contribution in [2.75, 3.05) is 6.61 Å². The third-order valence-corrected chi connectivity index (χ3v) is 2.22. The van der Waals surface area contributed by atoms with Crippen LogP contribution in [0.2, 0.25) is 0 Å². The number of esters is 1. The lowest BCUT2D eigenvalue weighted by molar-refractivity contribution is -0.140. The Balaban J connectivity index is 3.10. The fourth-order valence-electron chi connectivity index (χ4n) is 1.27. The van der Waals surface area contributed by atoms with Gasteiger partial charge in [-0.05, 0) is 24.4 Å². The van der Waals surface area contributed by atoms with E-state index in [9.17, 15) is 9.90 Å². The molecule has 2 atom stereocenters. The van der Waals surface area contributed by atoms with Gasteiger partial charge in [0, 0.05) is 0 Å². The van der Waals surface area contributed by atoms with Gasteiger partial charge in [0.2, 0.25) is 0 Å². The highest BCUT2D eigenvalue weighted by atomic mass is 32.1. The molecular formula is C8H12N6O4S2. The fraction of sp³-hybridized carbons (Fsp3) is 0.375. The van der Waals surface area contributed by atoms with E-state index in [1.807, 2.05) is 0 Å². The molecule has 10 nitrogen and oxygen atoms in total. The third-order valence-electron chi connectivity index (χ3n) is 2.04. The summed E-state index contributed by atoms with van der Waals surface area (Å²) in [5, 5.41) is 25.5. The molecule has 0 amide bonds. The van der Waals surface area contributed by atoms with E-state index in [0.717, 1.165) is 0 Å². The van der Waals surface area contributed by atoms with Crippen molar-refractivity contribution in [1.29, 1.82) is 0 Å². The normalized spacial score (nSPS) is 23.5. The fourth-order valence-corrected chi connectivity index (χ4v) is 1.36. The standard InChI is InChI=1S/C8H12N6O4S2/c9-7(19)13-11-3-4(12-14-8(10)20)6(17)18-5(3)2(16)1-15/h2,5,15-16H,1H2,(H3,9,13,19)(H3,10,14,20)/b11-3-,12-4+. The topological polar surface area (TPSA) is 168 Å². The Morgan fingerprint density at radius 1 is 1.35 bits per heavy atom. The molecule has 0 spiro atoms. The Morgan fingerprint density at radius 2 is 1.90 bits per heavy atom. The number of ether oxygens (including phenoxy) is 1. The van der Waals surface area contributed by atoms with E-state index >= 15 is 0 Å². The molecule has 0 saturated carbocycles. The predicted octanol–water partition coefficient (Wildman–Crippen LogP) is -3.36. The minimum atomic E-state index is -1.39. The molecule has 1 heterocycles. The van der Waals surface area contributed by atoms with Crippen LogP contribution in [-0.4, -0.2) is 56.6 Å². The molecule has 2 unspecified atom stereocenters. The van der Waals surface area contributed by atoms with Gasteiger partial charge in [0.25, 0.3) is 0 Å². The molecule has 0 aromatic carbocycles. The molecule has 0 radical (unpaired) electrons. The Hall–Kier alpha value is -1.89. The van der Waals surface area contributed by atoms with Crippen molar-refractivity contribution in [3.63, 3.8) is 0 Å². The van der Waals surface area contributed by atoms with E-state index in [0.29, 0.717) is 0 Å². The summed E-state index contributed by atoms with van der Waals surface area (Å²) < 4.78 is 4.85. The summed E-state index contributed by atoms with van der Waals surface area (Å²) in [6.07, 6.45) is -2.61. The molecule has 110 valence electrons. The second-order valence-electron chi connectivity index (χ2n) is 3.49. The highest BCUT2D eigenvalue weighted by Crippen LogP contribution is 2.13. The average molecular weight is 320 g/mol. The second kappa shape index (κ2) is 7.04. The summed E-state index contributed by atoms with van der Waals surface area (Å²) in [5.74, 6) is -0.880. The maximum absolute atomic E-state index is 11.6. The molecule has 12 heteroatoms. The molecule has 8 N–H and O–H groups in total. The number of hydrogen-bond acceptors (Lipinski definition) is 8. The first-order valence-corrected chi connectivity index (χ1v) is 5.95. The van der Waals surface area contributed by atoms with E-state index in [4.69, 9.17) is 21.3 Å². The maximum Gasteiger partial charge on any atom is 0.361 e. The van der Waals surface area contributed by atoms with Crippen molar-refractivity contribution < 1.29 is 19.7 Å². The maximum atomic E-state index is 11.6. The van der Waals surface area contributed by atoms with Crippen molar-refractivity contribution in [3.05, 3.63) is 0 Å². The van der Waals surface area contributed by atoms with Crippen LogP contribution in [0.15, 0.2) is 10.2 Å². The number of nitrogens with two attached hydrogens (primary N) is 2. The summed E-state index contributed by atoms with van der Waals surface area (Å²) >= 11 is 9.10. The van der Waals surface area contributed by atoms with Gasteiger partial charge in [0.05, 0.1) is 6.61 Å². The van der Waals surface area contributed by atoms with E-state index in [2.05, 4.69) is 45.5 Å². The van der Waals surface area contributed by atoms with Gasteiger partial charge in [-0.15, -0.1) is 0 Å². The van der Waals surface area contributed by atoms with Crippen LogP contribution in [0.25, 0.3) is 0 Å². The Kier molecular flexibility index (Phi) is 5.69. The number of cyclic esters (lactones) is 1. The average Bonchev–Trinajstić information content (AvgIpc) is 2.69. The van der Waals surface area contributed by atoms with Gasteiger partial charge in [-0.3, -0.25) is 10.9 Å². The lowest BCUT2D eigenvalue weighted by Crippen LogP contribution is -2.38. The van der Waals surface area contributed by atoms with Crippen molar-refractivity contribution in [3.8, 4) is 0 Å². The van der Waals surface area contributed by atoms with Crippen LogP contribution in [0.4, 0.5) is 0 Å². The molecule has 1 saturated heterocycles. The van der Waals surface area contributed by atoms with Crippen LogP contribution in [0.1, 0.15) is 0 Å². The predicted molar refractivity (Wildman–Crippen MR) is 77.7 cm³/mol. The van der Waals surface area contributed by atoms with Gasteiger partial charge in [0.15, 0.2) is 22.0 Å². The number of nitrogens with zero attached hydrogens (tertiary/aromatic N) is 2. The number of aliphatic hydroxyl groups is 2. The van der Waals surface area contributed by atoms with Gasteiger partial charge < -0.3 is 26.4 Å². The molecule has 0 aliphatic carbocycles. The number of carbonyl (C=O) groups excluding carboxylic acids is 1. The minimum absolute atomic E-state index is 0.104. The number of rotatable bonds is 4. The Labute approximate surface area is 123 Å². The molecule has 1 rings (SSSR count). The van der Waals surface area contributed by atoms with Crippen molar-refractivity contribution >= 4 is 52.1 Å². The summed E-state index contributed by atoms with van der Waals surface area (Å²) in [6.45, 7) is -0.653. The van der Waals surface area contributed by atoms with Gasteiger partial charge >= 0.3 is 5.97 Å². The van der Waals surface area contributed by atoms with Crippen LogP contribution in [-0.2, 0) is 9.53 Å². The Morgan fingerprint density at radius 3 is 2.40 bits per heavy atom. The van der Waals surface area contributed by atoms with E-state index in [1.54, 1.807) is 0 Å². The number of nitrogens with one attached hydrogen (secondary N) is 2. The number of hydrogen-bond donors (Lipinski definition) is 6. The first-order valence-electron chi connectivity index (χ1n) is 5.13. The summed E-state index contributed by atoms with van der Waals surface area (Å²) in [6, 6.07) is 0. The van der Waals surface area contributed by atoms with Crippen molar-refractivity contribution in [2.24, 2.45) is 21.7 Å². The highest BCUT2D eigenvalue weighted by molar-refractivity contribution is 7.80. The smallest absolute Gasteiger partial charge is 0.361 e. The van der Waals surface area contributed by atoms with Crippen LogP contribution < -0.4 is 22.3 Å². The van der Waals surface area contributed by atoms with Crippen molar-refractivity contribution in [1.82, 2.24) is 10.9 Å². The summed E-state index contributed by atoms with van der Waals surface area (Å²) in [7, 11) is 0. The molecule has 0 aromatic heterocycles. The Bertz CT molecular complexity index is 493. The van der Waals surface area contributed by atoms with Gasteiger partial charge in [-0.1, -0.05) is 0 Å². The van der Waals surface area contributed by atoms with Crippen LogP contribution in [0.3, 0.4) is 0 Å². The second-order valence-corrected chi connectivity index (χ2v) is 4.37. The van der Waals surface area contributed by atoms with Crippen molar-refractivity contribution in [2.45, 2.75) is 12.2 Å². The van der Waals surface area contributed by atoms with Gasteiger partial charge in [-0.25, -0.2) is 4.79 Å². The molecular weight excluding hydrogens is 308 g/mol. The zero-order valence-corrected chi connectivity index (χ0v) is 11.6. The zero-order valence-electron chi connectivity index (χ0n) is 9.94. The largest absolute Gasteiger partial charge is 0.448 e. The molecule has 1 aliphatic heterocycles. The number of aliphatic hydroxyl groups excluding tert-OH is 2. The lowest BCUT2D eigenvalue weighted by atomic mass is 10.1. The number of thiocarbonyl (C=S) groups is 2. The highest BCUT2D eigenvalue weighted by Gasteiger charge is 2.42. The van der Waals surface area contributed by atoms with E-state index < -0.39 is 24.8 Å². The molecule has 0 bridgehead atoms. The third kappa shape index (κ3) is 4.06. The first-order chi connectivity index (χ1) is 9.36. The van der Waals surface area contributed by atoms with Gasteiger partial charge in [0.1, 0.15) is 11.8 Å². The molecule has 1 fully saturated rings. The van der Waals surface area contributed by atoms with E-state index in [1.165, 1.54) is 0 Å². The zero-order chi connectivity index (χ0) is 15.3. The van der Waals surface area contributed by atoms with Crippen LogP contribution in [0, 0.1) is 0 Å². The lowest BCUT2D eigenvalue weighted by Gasteiger charge is -2.14. The SMILES string of the molecule is NC(=S)N/N=C1/C(=N\NC(N)=S)C(=O)OC1C(O)CO. The van der Waals surface area contributed by atoms with E-state index in [-0.39, 0.29) is 21.6 Å². The molecule has 0 aromatic rings. The van der Waals surface area contributed by atoms with Crippen LogP contribution >= 0.6 is 24.4 Å².